The van der Waals surface area contributed by atoms with E-state index in [1.165, 1.54) is 0 Å². The lowest BCUT2D eigenvalue weighted by Crippen LogP contribution is -2.30. The van der Waals surface area contributed by atoms with Gasteiger partial charge in [0.15, 0.2) is 0 Å². The van der Waals surface area contributed by atoms with Crippen LogP contribution in [0.3, 0.4) is 0 Å². The standard InChI is InChI=1S/C14H17NO3/c16-13(11-5-2-1-3-6-11)15-9-10-18-14(17)12-7-4-8-12/h1-3,5-6,12H,4,7-10H2,(H,15,16). The Morgan fingerprint density at radius 2 is 1.94 bits per heavy atom. The first-order valence-electron chi connectivity index (χ1n) is 6.27. The lowest BCUT2D eigenvalue weighted by Gasteiger charge is -2.23. The number of ether oxygens (including phenoxy) is 1. The van der Waals surface area contributed by atoms with Crippen LogP contribution in [-0.4, -0.2) is 25.0 Å². The molecular weight excluding hydrogens is 230 g/mol. The van der Waals surface area contributed by atoms with Crippen molar-refractivity contribution >= 4 is 11.9 Å². The van der Waals surface area contributed by atoms with Crippen molar-refractivity contribution in [1.82, 2.24) is 5.32 Å². The van der Waals surface area contributed by atoms with Crippen LogP contribution in [0.25, 0.3) is 0 Å². The molecule has 96 valence electrons. The van der Waals surface area contributed by atoms with E-state index >= 15 is 0 Å². The smallest absolute Gasteiger partial charge is 0.308 e. The third-order valence-corrected chi connectivity index (χ3v) is 3.11. The van der Waals surface area contributed by atoms with Gasteiger partial charge >= 0.3 is 5.97 Å². The van der Waals surface area contributed by atoms with Crippen molar-refractivity contribution in [3.05, 3.63) is 35.9 Å². The van der Waals surface area contributed by atoms with Gasteiger partial charge in [-0.2, -0.15) is 0 Å². The summed E-state index contributed by atoms with van der Waals surface area (Å²) in [5.74, 6) is -0.180. The quantitative estimate of drug-likeness (QED) is 0.637. The summed E-state index contributed by atoms with van der Waals surface area (Å²) in [6, 6.07) is 8.97. The summed E-state index contributed by atoms with van der Waals surface area (Å²) < 4.78 is 5.08. The van der Waals surface area contributed by atoms with Crippen LogP contribution in [0, 0.1) is 5.92 Å². The number of benzene rings is 1. The predicted octanol–water partition coefficient (Wildman–Crippen LogP) is 1.76. The van der Waals surface area contributed by atoms with Crippen LogP contribution >= 0.6 is 0 Å². The van der Waals surface area contributed by atoms with E-state index in [0.717, 1.165) is 19.3 Å². The first-order chi connectivity index (χ1) is 8.77. The first kappa shape index (κ1) is 12.6. The van der Waals surface area contributed by atoms with Crippen LogP contribution in [0.15, 0.2) is 30.3 Å². The van der Waals surface area contributed by atoms with E-state index in [2.05, 4.69) is 5.32 Å². The molecule has 18 heavy (non-hydrogen) atoms. The van der Waals surface area contributed by atoms with Crippen molar-refractivity contribution in [2.45, 2.75) is 19.3 Å². The number of hydrogen-bond acceptors (Lipinski definition) is 3. The summed E-state index contributed by atoms with van der Waals surface area (Å²) in [6.45, 7) is 0.597. The molecule has 1 aromatic rings. The van der Waals surface area contributed by atoms with E-state index in [4.69, 9.17) is 4.74 Å². The van der Waals surface area contributed by atoms with Gasteiger partial charge in [0, 0.05) is 5.56 Å². The maximum absolute atomic E-state index is 11.6. The molecule has 0 unspecified atom stereocenters. The van der Waals surface area contributed by atoms with Gasteiger partial charge < -0.3 is 10.1 Å². The molecular formula is C14H17NO3. The second-order valence-electron chi connectivity index (χ2n) is 4.42. The Hall–Kier alpha value is -1.84. The van der Waals surface area contributed by atoms with E-state index in [0.29, 0.717) is 12.1 Å². The Kier molecular flexibility index (Phi) is 4.34. The molecule has 1 aliphatic carbocycles. The summed E-state index contributed by atoms with van der Waals surface area (Å²) in [4.78, 5) is 23.0. The molecule has 1 saturated carbocycles. The number of hydrogen-bond donors (Lipinski definition) is 1. The molecule has 1 fully saturated rings. The highest BCUT2D eigenvalue weighted by atomic mass is 16.5. The monoisotopic (exact) mass is 247 g/mol. The third kappa shape index (κ3) is 3.32. The maximum atomic E-state index is 11.6. The molecule has 1 aliphatic rings. The Morgan fingerprint density at radius 3 is 2.56 bits per heavy atom. The topological polar surface area (TPSA) is 55.4 Å². The molecule has 0 spiro atoms. The molecule has 0 aromatic heterocycles. The fraction of sp³-hybridized carbons (Fsp3) is 0.429. The van der Waals surface area contributed by atoms with Gasteiger partial charge in [0.25, 0.3) is 5.91 Å². The first-order valence-corrected chi connectivity index (χ1v) is 6.27. The van der Waals surface area contributed by atoms with Crippen LogP contribution in [0.5, 0.6) is 0 Å². The highest BCUT2D eigenvalue weighted by Gasteiger charge is 2.26. The number of carbonyl (C=O) groups excluding carboxylic acids is 2. The largest absolute Gasteiger partial charge is 0.464 e. The van der Waals surface area contributed by atoms with E-state index < -0.39 is 0 Å². The summed E-state index contributed by atoms with van der Waals surface area (Å²) in [5.41, 5.74) is 0.614. The third-order valence-electron chi connectivity index (χ3n) is 3.11. The molecule has 1 N–H and O–H groups in total. The fourth-order valence-electron chi connectivity index (χ4n) is 1.77. The van der Waals surface area contributed by atoms with Gasteiger partial charge in [0.05, 0.1) is 12.5 Å². The minimum absolute atomic E-state index is 0.0924. The van der Waals surface area contributed by atoms with Gasteiger partial charge in [-0.05, 0) is 25.0 Å². The summed E-state index contributed by atoms with van der Waals surface area (Å²) in [5, 5.41) is 2.71. The molecule has 0 atom stereocenters. The molecule has 1 amide bonds. The SMILES string of the molecule is O=C(NCCOC(=O)C1CCC1)c1ccccc1. The second kappa shape index (κ2) is 6.19. The Balaban J connectivity index is 1.63. The summed E-state index contributed by atoms with van der Waals surface area (Å²) >= 11 is 0. The zero-order chi connectivity index (χ0) is 12.8. The molecule has 0 bridgehead atoms. The zero-order valence-corrected chi connectivity index (χ0v) is 10.2. The Labute approximate surface area is 106 Å². The van der Waals surface area contributed by atoms with Crippen LogP contribution < -0.4 is 5.32 Å². The number of esters is 1. The lowest BCUT2D eigenvalue weighted by molar-refractivity contribution is -0.151. The van der Waals surface area contributed by atoms with Crippen molar-refractivity contribution < 1.29 is 14.3 Å². The normalized spacial score (nSPS) is 14.7. The van der Waals surface area contributed by atoms with Gasteiger partial charge in [-0.3, -0.25) is 9.59 Å². The van der Waals surface area contributed by atoms with Crippen molar-refractivity contribution in [2.75, 3.05) is 13.2 Å². The molecule has 4 heteroatoms. The maximum Gasteiger partial charge on any atom is 0.308 e. The fourth-order valence-corrected chi connectivity index (χ4v) is 1.77. The molecule has 4 nitrogen and oxygen atoms in total. The van der Waals surface area contributed by atoms with Gasteiger partial charge in [0.2, 0.25) is 0 Å². The van der Waals surface area contributed by atoms with Crippen molar-refractivity contribution in [2.24, 2.45) is 5.92 Å². The van der Waals surface area contributed by atoms with Gasteiger partial charge in [-0.15, -0.1) is 0 Å². The van der Waals surface area contributed by atoms with E-state index in [9.17, 15) is 9.59 Å². The highest BCUT2D eigenvalue weighted by molar-refractivity contribution is 5.94. The molecule has 0 radical (unpaired) electrons. The van der Waals surface area contributed by atoms with Gasteiger partial charge in [0.1, 0.15) is 6.61 Å². The zero-order valence-electron chi connectivity index (χ0n) is 10.2. The highest BCUT2D eigenvalue weighted by Crippen LogP contribution is 2.27. The van der Waals surface area contributed by atoms with E-state index in [1.54, 1.807) is 12.1 Å². The molecule has 0 heterocycles. The van der Waals surface area contributed by atoms with Gasteiger partial charge in [-0.1, -0.05) is 24.6 Å². The Bertz CT molecular complexity index is 412. The second-order valence-corrected chi connectivity index (χ2v) is 4.42. The number of amides is 1. The van der Waals surface area contributed by atoms with Crippen LogP contribution in [-0.2, 0) is 9.53 Å². The Morgan fingerprint density at radius 1 is 1.22 bits per heavy atom. The minimum atomic E-state index is -0.143. The molecule has 2 rings (SSSR count). The van der Waals surface area contributed by atoms with Crippen molar-refractivity contribution in [1.29, 1.82) is 0 Å². The van der Waals surface area contributed by atoms with Crippen molar-refractivity contribution in [3.8, 4) is 0 Å². The average molecular weight is 247 g/mol. The van der Waals surface area contributed by atoms with Crippen molar-refractivity contribution in [3.63, 3.8) is 0 Å². The number of nitrogens with one attached hydrogen (secondary N) is 1. The van der Waals surface area contributed by atoms with E-state index in [-0.39, 0.29) is 24.4 Å². The van der Waals surface area contributed by atoms with E-state index in [1.807, 2.05) is 18.2 Å². The number of carbonyl (C=O) groups is 2. The minimum Gasteiger partial charge on any atom is -0.464 e. The van der Waals surface area contributed by atoms with Crippen LogP contribution in [0.1, 0.15) is 29.6 Å². The molecule has 0 aliphatic heterocycles. The van der Waals surface area contributed by atoms with Crippen LogP contribution in [0.2, 0.25) is 0 Å². The molecule has 1 aromatic carbocycles. The predicted molar refractivity (Wildman–Crippen MR) is 67.1 cm³/mol. The lowest BCUT2D eigenvalue weighted by atomic mass is 9.86. The summed E-state index contributed by atoms with van der Waals surface area (Å²) in [7, 11) is 0. The average Bonchev–Trinajstić information content (AvgIpc) is 2.33. The number of rotatable bonds is 5. The summed E-state index contributed by atoms with van der Waals surface area (Å²) in [6.07, 6.45) is 2.99. The van der Waals surface area contributed by atoms with Crippen LogP contribution in [0.4, 0.5) is 0 Å². The molecule has 0 saturated heterocycles. The van der Waals surface area contributed by atoms with Gasteiger partial charge in [-0.25, -0.2) is 0 Å².